The van der Waals surface area contributed by atoms with E-state index in [2.05, 4.69) is 94.4 Å². The first kappa shape index (κ1) is 22.9. The van der Waals surface area contributed by atoms with E-state index in [1.807, 2.05) is 24.3 Å². The lowest BCUT2D eigenvalue weighted by Gasteiger charge is -2.32. The molecule has 1 fully saturated rings. The van der Waals surface area contributed by atoms with Gasteiger partial charge in [0.2, 0.25) is 0 Å². The van der Waals surface area contributed by atoms with E-state index in [1.165, 1.54) is 5.39 Å². The number of benzene rings is 5. The van der Waals surface area contributed by atoms with Gasteiger partial charge in [0.15, 0.2) is 0 Å². The second-order valence-electron chi connectivity index (χ2n) is 11.6. The molecule has 0 N–H and O–H groups in total. The van der Waals surface area contributed by atoms with Gasteiger partial charge in [-0.05, 0) is 85.4 Å². The largest absolute Gasteiger partial charge is 0.494 e. The van der Waals surface area contributed by atoms with E-state index in [4.69, 9.17) is 18.1 Å². The molecule has 1 saturated heterocycles. The Hall–Kier alpha value is -4.06. The highest BCUT2D eigenvalue weighted by Crippen LogP contribution is 2.41. The van der Waals surface area contributed by atoms with Crippen molar-refractivity contribution in [3.05, 3.63) is 91.0 Å². The predicted molar refractivity (Wildman–Crippen MR) is 160 cm³/mol. The highest BCUT2D eigenvalue weighted by Gasteiger charge is 2.51. The summed E-state index contributed by atoms with van der Waals surface area (Å²) >= 11 is 0. The molecule has 0 amide bonds. The first-order valence-corrected chi connectivity index (χ1v) is 13.4. The van der Waals surface area contributed by atoms with Crippen LogP contribution < -0.4 is 5.46 Å². The van der Waals surface area contributed by atoms with Crippen LogP contribution in [0.4, 0.5) is 0 Å². The quantitative estimate of drug-likeness (QED) is 0.219. The van der Waals surface area contributed by atoms with Gasteiger partial charge in [0, 0.05) is 21.5 Å². The Morgan fingerprint density at radius 2 is 1.21 bits per heavy atom. The van der Waals surface area contributed by atoms with Crippen LogP contribution in [0.15, 0.2) is 99.8 Å². The van der Waals surface area contributed by atoms with E-state index in [0.29, 0.717) is 0 Å². The first-order valence-electron chi connectivity index (χ1n) is 13.4. The standard InChI is InChI=1S/C34H27BO4/c1-33(2)34(3,4)39-35(38-33)22-13-15-24-20(18-22)8-7-10-23(24)21-12-14-26-30(19-21)37-29-17-16-28-31(32(26)29)25-9-5-6-11-27(25)36-28/h5-19H,1-4H3. The van der Waals surface area contributed by atoms with E-state index in [-0.39, 0.29) is 18.3 Å². The third kappa shape index (κ3) is 3.27. The van der Waals surface area contributed by atoms with Crippen LogP contribution in [0.5, 0.6) is 0 Å². The van der Waals surface area contributed by atoms with Gasteiger partial charge in [0.25, 0.3) is 0 Å². The molecule has 0 saturated carbocycles. The number of hydrogen-bond acceptors (Lipinski definition) is 4. The summed E-state index contributed by atoms with van der Waals surface area (Å²) < 4.78 is 25.1. The van der Waals surface area contributed by atoms with E-state index in [9.17, 15) is 0 Å². The van der Waals surface area contributed by atoms with Gasteiger partial charge in [-0.15, -0.1) is 0 Å². The average Bonchev–Trinajstić information content (AvgIpc) is 3.55. The van der Waals surface area contributed by atoms with Gasteiger partial charge in [-0.2, -0.15) is 0 Å². The van der Waals surface area contributed by atoms with Crippen molar-refractivity contribution in [3.63, 3.8) is 0 Å². The van der Waals surface area contributed by atoms with Gasteiger partial charge >= 0.3 is 7.12 Å². The Balaban J connectivity index is 1.25. The van der Waals surface area contributed by atoms with Crippen LogP contribution in [0, 0.1) is 0 Å². The molecule has 8 rings (SSSR count). The fraction of sp³-hybridized carbons (Fsp3) is 0.176. The molecule has 0 atom stereocenters. The molecule has 0 spiro atoms. The van der Waals surface area contributed by atoms with Gasteiger partial charge in [0.05, 0.1) is 11.2 Å². The monoisotopic (exact) mass is 510 g/mol. The molecule has 5 heteroatoms. The summed E-state index contributed by atoms with van der Waals surface area (Å²) in [7, 11) is -0.384. The van der Waals surface area contributed by atoms with Crippen molar-refractivity contribution in [1.29, 1.82) is 0 Å². The molecule has 1 aliphatic rings. The zero-order chi connectivity index (χ0) is 26.5. The molecule has 2 aromatic heterocycles. The van der Waals surface area contributed by atoms with Gasteiger partial charge in [-0.25, -0.2) is 0 Å². The number of furan rings is 2. The Bertz CT molecular complexity index is 2080. The maximum atomic E-state index is 6.40. The number of rotatable bonds is 2. The minimum absolute atomic E-state index is 0.370. The van der Waals surface area contributed by atoms with Gasteiger partial charge in [-0.3, -0.25) is 0 Å². The summed E-state index contributed by atoms with van der Waals surface area (Å²) in [5, 5.41) is 6.73. The molecule has 7 aromatic rings. The van der Waals surface area contributed by atoms with Gasteiger partial charge < -0.3 is 18.1 Å². The molecule has 4 nitrogen and oxygen atoms in total. The Morgan fingerprint density at radius 3 is 1.97 bits per heavy atom. The molecule has 0 unspecified atom stereocenters. The Morgan fingerprint density at radius 1 is 0.538 bits per heavy atom. The molecular formula is C34H27BO4. The third-order valence-electron chi connectivity index (χ3n) is 8.72. The maximum Gasteiger partial charge on any atom is 0.494 e. The predicted octanol–water partition coefficient (Wildman–Crippen LogP) is 8.60. The maximum absolute atomic E-state index is 6.40. The Labute approximate surface area is 226 Å². The molecule has 0 radical (unpaired) electrons. The minimum Gasteiger partial charge on any atom is -0.456 e. The van der Waals surface area contributed by atoms with Crippen LogP contribution >= 0.6 is 0 Å². The summed E-state index contributed by atoms with van der Waals surface area (Å²) in [6.07, 6.45) is 0. The fourth-order valence-electron chi connectivity index (χ4n) is 5.93. The molecule has 39 heavy (non-hydrogen) atoms. The van der Waals surface area contributed by atoms with Crippen LogP contribution in [0.2, 0.25) is 0 Å². The zero-order valence-corrected chi connectivity index (χ0v) is 22.4. The molecule has 0 bridgehead atoms. The van der Waals surface area contributed by atoms with E-state index in [1.54, 1.807) is 0 Å². The minimum atomic E-state index is -0.384. The van der Waals surface area contributed by atoms with E-state index >= 15 is 0 Å². The topological polar surface area (TPSA) is 44.7 Å². The van der Waals surface area contributed by atoms with Crippen molar-refractivity contribution in [2.75, 3.05) is 0 Å². The first-order chi connectivity index (χ1) is 18.8. The summed E-state index contributed by atoms with van der Waals surface area (Å²) in [6.45, 7) is 8.33. The lowest BCUT2D eigenvalue weighted by atomic mass is 9.78. The second kappa shape index (κ2) is 7.75. The van der Waals surface area contributed by atoms with Crippen LogP contribution in [0.3, 0.4) is 0 Å². The third-order valence-corrected chi connectivity index (χ3v) is 8.72. The number of hydrogen-bond donors (Lipinski definition) is 0. The number of fused-ring (bicyclic) bond motifs is 8. The van der Waals surface area contributed by atoms with Crippen molar-refractivity contribution in [1.82, 2.24) is 0 Å². The highest BCUT2D eigenvalue weighted by molar-refractivity contribution is 6.62. The average molecular weight is 510 g/mol. The second-order valence-corrected chi connectivity index (χ2v) is 11.6. The van der Waals surface area contributed by atoms with Crippen LogP contribution in [-0.2, 0) is 9.31 Å². The lowest BCUT2D eigenvalue weighted by molar-refractivity contribution is 0.00578. The van der Waals surface area contributed by atoms with E-state index in [0.717, 1.165) is 65.9 Å². The van der Waals surface area contributed by atoms with Gasteiger partial charge in [-0.1, -0.05) is 60.7 Å². The van der Waals surface area contributed by atoms with Crippen molar-refractivity contribution in [2.24, 2.45) is 0 Å². The molecule has 3 heterocycles. The smallest absolute Gasteiger partial charge is 0.456 e. The zero-order valence-electron chi connectivity index (χ0n) is 22.4. The molecular weight excluding hydrogens is 483 g/mol. The molecule has 1 aliphatic heterocycles. The van der Waals surface area contributed by atoms with Crippen LogP contribution in [-0.4, -0.2) is 18.3 Å². The normalized spacial score (nSPS) is 16.9. The van der Waals surface area contributed by atoms with Crippen molar-refractivity contribution >= 4 is 67.2 Å². The Kier molecular flexibility index (Phi) is 4.55. The highest BCUT2D eigenvalue weighted by atomic mass is 16.7. The molecule has 190 valence electrons. The van der Waals surface area contributed by atoms with Crippen molar-refractivity contribution in [2.45, 2.75) is 38.9 Å². The lowest BCUT2D eigenvalue weighted by Crippen LogP contribution is -2.41. The van der Waals surface area contributed by atoms with Crippen LogP contribution in [0.1, 0.15) is 27.7 Å². The summed E-state index contributed by atoms with van der Waals surface area (Å²) in [6, 6.07) is 31.6. The van der Waals surface area contributed by atoms with Crippen LogP contribution in [0.25, 0.3) is 65.8 Å². The van der Waals surface area contributed by atoms with Gasteiger partial charge in [0.1, 0.15) is 22.3 Å². The van der Waals surface area contributed by atoms with E-state index < -0.39 is 0 Å². The van der Waals surface area contributed by atoms with Crippen molar-refractivity contribution < 1.29 is 18.1 Å². The summed E-state index contributed by atoms with van der Waals surface area (Å²) in [5.41, 5.74) is 6.07. The summed E-state index contributed by atoms with van der Waals surface area (Å²) in [4.78, 5) is 0. The summed E-state index contributed by atoms with van der Waals surface area (Å²) in [5.74, 6) is 0. The molecule has 0 aliphatic carbocycles. The molecule has 5 aromatic carbocycles. The number of para-hydroxylation sites is 1. The SMILES string of the molecule is CC1(C)OB(c2ccc3c(-c4ccc5c(c4)oc4ccc6oc7ccccc7c6c45)cccc3c2)OC1(C)C. The van der Waals surface area contributed by atoms with Crippen molar-refractivity contribution in [3.8, 4) is 11.1 Å². The fourth-order valence-corrected chi connectivity index (χ4v) is 5.93.